The van der Waals surface area contributed by atoms with Crippen LogP contribution in [0.4, 0.5) is 4.39 Å². The highest BCUT2D eigenvalue weighted by molar-refractivity contribution is 5.23. The number of halogens is 1. The maximum atomic E-state index is 13.5. The molecule has 24 heavy (non-hydrogen) atoms. The number of aliphatic hydroxyl groups is 1. The maximum absolute atomic E-state index is 13.5. The van der Waals surface area contributed by atoms with Gasteiger partial charge in [0.25, 0.3) is 0 Å². The summed E-state index contributed by atoms with van der Waals surface area (Å²) in [5.41, 5.74) is 0. The van der Waals surface area contributed by atoms with Crippen LogP contribution < -0.4 is 4.74 Å². The average Bonchev–Trinajstić information content (AvgIpc) is 3.01. The zero-order chi connectivity index (χ0) is 16.9. The normalized spacial score (nSPS) is 20.0. The summed E-state index contributed by atoms with van der Waals surface area (Å²) in [5, 5.41) is 17.1. The second kappa shape index (κ2) is 7.69. The minimum atomic E-state index is -0.725. The van der Waals surface area contributed by atoms with Crippen LogP contribution in [0, 0.1) is 12.7 Å². The molecule has 1 aliphatic heterocycles. The van der Waals surface area contributed by atoms with Gasteiger partial charge in [-0.3, -0.25) is 10.00 Å². The number of para-hydroxylation sites is 1. The van der Waals surface area contributed by atoms with Gasteiger partial charge in [-0.2, -0.15) is 5.10 Å². The molecule has 2 heterocycles. The van der Waals surface area contributed by atoms with Crippen molar-refractivity contribution in [3.63, 3.8) is 0 Å². The van der Waals surface area contributed by atoms with Crippen LogP contribution in [0.2, 0.25) is 0 Å². The standard InChI is InChI=1S/C16H21FN4O3/c1-11-18-16(20-19-11)15-9-21(6-7-23-15)8-12(22)10-24-14-5-3-2-4-13(14)17/h2-5,12,15,22H,6-10H2,1H3,(H,18,19,20)/t12-,15-/m0/s1. The molecule has 8 heteroatoms. The van der Waals surface area contributed by atoms with Crippen LogP contribution in [-0.2, 0) is 4.74 Å². The van der Waals surface area contributed by atoms with Crippen LogP contribution in [0.15, 0.2) is 24.3 Å². The SMILES string of the molecule is Cc1nc([C@@H]2CN(C[C@H](O)COc3ccccc3F)CCO2)n[nH]1. The van der Waals surface area contributed by atoms with E-state index in [4.69, 9.17) is 9.47 Å². The lowest BCUT2D eigenvalue weighted by atomic mass is 10.2. The zero-order valence-electron chi connectivity index (χ0n) is 13.5. The number of β-amino-alcohol motifs (C(OH)–C–C–N with tert-alkyl or cyclic N) is 1. The molecule has 0 aliphatic carbocycles. The Kier molecular flexibility index (Phi) is 5.39. The number of aromatic nitrogens is 3. The molecule has 1 aliphatic rings. The van der Waals surface area contributed by atoms with Crippen LogP contribution in [0.1, 0.15) is 17.8 Å². The number of aliphatic hydroxyl groups excluding tert-OH is 1. The summed E-state index contributed by atoms with van der Waals surface area (Å²) >= 11 is 0. The number of benzene rings is 1. The van der Waals surface area contributed by atoms with E-state index in [2.05, 4.69) is 20.1 Å². The highest BCUT2D eigenvalue weighted by atomic mass is 19.1. The van der Waals surface area contributed by atoms with Crippen LogP contribution in [0.5, 0.6) is 5.75 Å². The van der Waals surface area contributed by atoms with E-state index in [1.807, 2.05) is 6.92 Å². The second-order valence-electron chi connectivity index (χ2n) is 5.79. The van der Waals surface area contributed by atoms with Crippen molar-refractivity contribution >= 4 is 0 Å². The van der Waals surface area contributed by atoms with Crippen molar-refractivity contribution in [2.45, 2.75) is 19.1 Å². The number of rotatable bonds is 6. The largest absolute Gasteiger partial charge is 0.488 e. The summed E-state index contributed by atoms with van der Waals surface area (Å²) in [4.78, 5) is 6.35. The lowest BCUT2D eigenvalue weighted by Gasteiger charge is -2.32. The molecule has 0 radical (unpaired) electrons. The number of H-pyrrole nitrogens is 1. The average molecular weight is 336 g/mol. The number of nitrogens with one attached hydrogen (secondary N) is 1. The molecule has 1 aromatic carbocycles. The number of hydrogen-bond donors (Lipinski definition) is 2. The summed E-state index contributed by atoms with van der Waals surface area (Å²) in [5.74, 6) is 1.07. The van der Waals surface area contributed by atoms with Gasteiger partial charge in [-0.25, -0.2) is 9.37 Å². The molecule has 7 nitrogen and oxygen atoms in total. The van der Waals surface area contributed by atoms with Crippen LogP contribution in [-0.4, -0.2) is 64.1 Å². The Morgan fingerprint density at radius 3 is 3.08 bits per heavy atom. The van der Waals surface area contributed by atoms with Gasteiger partial charge >= 0.3 is 0 Å². The van der Waals surface area contributed by atoms with Crippen molar-refractivity contribution in [1.82, 2.24) is 20.1 Å². The molecule has 0 saturated carbocycles. The lowest BCUT2D eigenvalue weighted by Crippen LogP contribution is -2.44. The van der Waals surface area contributed by atoms with Crippen LogP contribution in [0.3, 0.4) is 0 Å². The molecule has 1 saturated heterocycles. The van der Waals surface area contributed by atoms with Crippen LogP contribution in [0.25, 0.3) is 0 Å². The molecule has 0 spiro atoms. The van der Waals surface area contributed by atoms with Gasteiger partial charge in [-0.1, -0.05) is 12.1 Å². The molecule has 1 fully saturated rings. The Balaban J connectivity index is 1.49. The fraction of sp³-hybridized carbons (Fsp3) is 0.500. The second-order valence-corrected chi connectivity index (χ2v) is 5.79. The summed E-state index contributed by atoms with van der Waals surface area (Å²) in [6.07, 6.45) is -0.944. The van der Waals surface area contributed by atoms with Gasteiger partial charge in [0.2, 0.25) is 0 Å². The third-order valence-electron chi connectivity index (χ3n) is 3.79. The third kappa shape index (κ3) is 4.28. The van der Waals surface area contributed by atoms with Gasteiger partial charge in [0, 0.05) is 19.6 Å². The summed E-state index contributed by atoms with van der Waals surface area (Å²) in [6, 6.07) is 6.15. The molecule has 3 rings (SSSR count). The minimum absolute atomic E-state index is 0.0305. The van der Waals surface area contributed by atoms with Crippen molar-refractivity contribution in [3.8, 4) is 5.75 Å². The molecule has 1 aromatic heterocycles. The van der Waals surface area contributed by atoms with Crippen molar-refractivity contribution in [1.29, 1.82) is 0 Å². The predicted octanol–water partition coefficient (Wildman–Crippen LogP) is 1.07. The first kappa shape index (κ1) is 16.8. The first-order valence-electron chi connectivity index (χ1n) is 7.90. The molecule has 0 bridgehead atoms. The van der Waals surface area contributed by atoms with E-state index < -0.39 is 11.9 Å². The van der Waals surface area contributed by atoms with Crippen LogP contribution >= 0.6 is 0 Å². The quantitative estimate of drug-likeness (QED) is 0.821. The molecule has 130 valence electrons. The number of hydrogen-bond acceptors (Lipinski definition) is 6. The lowest BCUT2D eigenvalue weighted by molar-refractivity contribution is -0.0494. The van der Waals surface area contributed by atoms with Gasteiger partial charge < -0.3 is 14.6 Å². The number of nitrogens with zero attached hydrogens (tertiary/aromatic N) is 3. The molecule has 2 aromatic rings. The van der Waals surface area contributed by atoms with E-state index in [1.54, 1.807) is 18.2 Å². The Hall–Kier alpha value is -2.03. The topological polar surface area (TPSA) is 83.5 Å². The summed E-state index contributed by atoms with van der Waals surface area (Å²) in [7, 11) is 0. The molecule has 2 N–H and O–H groups in total. The van der Waals surface area contributed by atoms with E-state index in [1.165, 1.54) is 6.07 Å². The molecule has 0 unspecified atom stereocenters. The maximum Gasteiger partial charge on any atom is 0.180 e. The fourth-order valence-corrected chi connectivity index (χ4v) is 2.63. The first-order chi connectivity index (χ1) is 11.6. The summed E-state index contributed by atoms with van der Waals surface area (Å²) < 4.78 is 24.5. The summed E-state index contributed by atoms with van der Waals surface area (Å²) in [6.45, 7) is 4.12. The Morgan fingerprint density at radius 1 is 1.50 bits per heavy atom. The van der Waals surface area contributed by atoms with Crippen molar-refractivity contribution in [2.24, 2.45) is 0 Å². The zero-order valence-corrected chi connectivity index (χ0v) is 13.5. The molecular weight excluding hydrogens is 315 g/mol. The van der Waals surface area contributed by atoms with E-state index in [0.717, 1.165) is 5.82 Å². The third-order valence-corrected chi connectivity index (χ3v) is 3.79. The number of aromatic amines is 1. The van der Waals surface area contributed by atoms with E-state index >= 15 is 0 Å². The van der Waals surface area contributed by atoms with Gasteiger partial charge in [-0.15, -0.1) is 0 Å². The number of aryl methyl sites for hydroxylation is 1. The Labute approximate surface area is 139 Å². The number of ether oxygens (including phenoxy) is 2. The fourth-order valence-electron chi connectivity index (χ4n) is 2.63. The van der Waals surface area contributed by atoms with Gasteiger partial charge in [-0.05, 0) is 19.1 Å². The van der Waals surface area contributed by atoms with Crippen molar-refractivity contribution in [3.05, 3.63) is 41.7 Å². The minimum Gasteiger partial charge on any atom is -0.488 e. The highest BCUT2D eigenvalue weighted by Crippen LogP contribution is 2.19. The monoisotopic (exact) mass is 336 g/mol. The van der Waals surface area contributed by atoms with Crippen molar-refractivity contribution in [2.75, 3.05) is 32.8 Å². The smallest absolute Gasteiger partial charge is 0.180 e. The van der Waals surface area contributed by atoms with E-state index in [0.29, 0.717) is 32.1 Å². The molecular formula is C16H21FN4O3. The molecule has 0 amide bonds. The molecule has 2 atom stereocenters. The van der Waals surface area contributed by atoms with E-state index in [-0.39, 0.29) is 18.5 Å². The predicted molar refractivity (Wildman–Crippen MR) is 84.2 cm³/mol. The highest BCUT2D eigenvalue weighted by Gasteiger charge is 2.26. The Bertz CT molecular complexity index is 666. The van der Waals surface area contributed by atoms with Gasteiger partial charge in [0.15, 0.2) is 17.4 Å². The first-order valence-corrected chi connectivity index (χ1v) is 7.90. The number of morpholine rings is 1. The van der Waals surface area contributed by atoms with Gasteiger partial charge in [0.1, 0.15) is 24.6 Å². The Morgan fingerprint density at radius 2 is 2.33 bits per heavy atom. The van der Waals surface area contributed by atoms with E-state index in [9.17, 15) is 9.50 Å². The van der Waals surface area contributed by atoms with Crippen molar-refractivity contribution < 1.29 is 19.0 Å². The van der Waals surface area contributed by atoms with Gasteiger partial charge in [0.05, 0.1) is 6.61 Å².